The normalized spacial score (nSPS) is 19.7. The van der Waals surface area contributed by atoms with E-state index in [1.165, 1.54) is 5.56 Å². The van der Waals surface area contributed by atoms with Crippen molar-refractivity contribution in [3.05, 3.63) is 35.0 Å². The molecule has 2 aromatic rings. The van der Waals surface area contributed by atoms with Crippen molar-refractivity contribution in [3.8, 4) is 0 Å². The summed E-state index contributed by atoms with van der Waals surface area (Å²) < 4.78 is 0. The van der Waals surface area contributed by atoms with Crippen LogP contribution in [0.5, 0.6) is 0 Å². The maximum Gasteiger partial charge on any atom is 0.150 e. The third kappa shape index (κ3) is 1.28. The summed E-state index contributed by atoms with van der Waals surface area (Å²) in [5.41, 5.74) is 10.4. The van der Waals surface area contributed by atoms with E-state index in [9.17, 15) is 4.79 Å². The van der Waals surface area contributed by atoms with Crippen LogP contribution in [0.25, 0.3) is 10.9 Å². The Morgan fingerprint density at radius 3 is 3.12 bits per heavy atom. The summed E-state index contributed by atoms with van der Waals surface area (Å²) >= 11 is 0. The topological polar surface area (TPSA) is 58.9 Å². The molecule has 0 bridgehead atoms. The van der Waals surface area contributed by atoms with Crippen LogP contribution in [0, 0.1) is 0 Å². The van der Waals surface area contributed by atoms with Crippen molar-refractivity contribution in [2.75, 3.05) is 0 Å². The highest BCUT2D eigenvalue weighted by Gasteiger charge is 2.21. The minimum absolute atomic E-state index is 0.121. The summed E-state index contributed by atoms with van der Waals surface area (Å²) in [4.78, 5) is 14.1. The lowest BCUT2D eigenvalue weighted by Gasteiger charge is -2.18. The van der Waals surface area contributed by atoms with Gasteiger partial charge in [0.25, 0.3) is 0 Å². The molecule has 1 heterocycles. The lowest BCUT2D eigenvalue weighted by Crippen LogP contribution is -2.16. The van der Waals surface area contributed by atoms with Crippen LogP contribution >= 0.6 is 0 Å². The Morgan fingerprint density at radius 1 is 1.44 bits per heavy atom. The van der Waals surface area contributed by atoms with Crippen LogP contribution in [-0.2, 0) is 6.42 Å². The molecule has 1 aliphatic carbocycles. The van der Waals surface area contributed by atoms with Crippen LogP contribution in [0.2, 0.25) is 0 Å². The monoisotopic (exact) mass is 214 g/mol. The maximum atomic E-state index is 10.8. The van der Waals surface area contributed by atoms with Gasteiger partial charge in [-0.3, -0.25) is 4.79 Å². The Hall–Kier alpha value is -1.61. The number of nitrogens with two attached hydrogens (primary N) is 1. The Labute approximate surface area is 93.6 Å². The SMILES string of the molecule is NC1CCCc2c1[nH]c1ccc(C=O)cc21. The van der Waals surface area contributed by atoms with Crippen LogP contribution in [-0.4, -0.2) is 11.3 Å². The fraction of sp³-hybridized carbons (Fsp3) is 0.308. The maximum absolute atomic E-state index is 10.8. The standard InChI is InChI=1S/C13H14N2O/c14-11-3-1-2-9-10-6-8(7-16)4-5-12(10)15-13(9)11/h4-7,11,15H,1-3,14H2. The van der Waals surface area contributed by atoms with E-state index in [0.717, 1.165) is 47.7 Å². The molecule has 0 saturated carbocycles. The zero-order valence-electron chi connectivity index (χ0n) is 8.99. The molecule has 3 heteroatoms. The zero-order chi connectivity index (χ0) is 11.1. The first kappa shape index (κ1) is 9.60. The molecule has 1 aliphatic rings. The second-order valence-electron chi connectivity index (χ2n) is 4.44. The molecule has 82 valence electrons. The van der Waals surface area contributed by atoms with Gasteiger partial charge in [-0.05, 0) is 43.0 Å². The molecule has 3 rings (SSSR count). The second-order valence-corrected chi connectivity index (χ2v) is 4.44. The highest BCUT2D eigenvalue weighted by Crippen LogP contribution is 2.33. The lowest BCUT2D eigenvalue weighted by atomic mass is 9.92. The van der Waals surface area contributed by atoms with Crippen molar-refractivity contribution in [1.29, 1.82) is 0 Å². The van der Waals surface area contributed by atoms with E-state index in [-0.39, 0.29) is 6.04 Å². The number of aldehydes is 1. The first-order chi connectivity index (χ1) is 7.79. The summed E-state index contributed by atoms with van der Waals surface area (Å²) in [6, 6.07) is 5.87. The van der Waals surface area contributed by atoms with Crippen molar-refractivity contribution < 1.29 is 4.79 Å². The van der Waals surface area contributed by atoms with Gasteiger partial charge in [0, 0.05) is 28.2 Å². The van der Waals surface area contributed by atoms with Crippen molar-refractivity contribution in [1.82, 2.24) is 4.98 Å². The average molecular weight is 214 g/mol. The average Bonchev–Trinajstić information content (AvgIpc) is 2.68. The number of fused-ring (bicyclic) bond motifs is 3. The predicted octanol–water partition coefficient (Wildman–Crippen LogP) is 2.32. The molecule has 1 aromatic carbocycles. The number of aryl methyl sites for hydroxylation is 1. The van der Waals surface area contributed by atoms with Gasteiger partial charge in [0.1, 0.15) is 6.29 Å². The van der Waals surface area contributed by atoms with Gasteiger partial charge in [-0.2, -0.15) is 0 Å². The summed E-state index contributed by atoms with van der Waals surface area (Å²) in [5, 5.41) is 1.16. The number of aromatic nitrogens is 1. The summed E-state index contributed by atoms with van der Waals surface area (Å²) in [5.74, 6) is 0. The molecule has 1 unspecified atom stereocenters. The van der Waals surface area contributed by atoms with Gasteiger partial charge in [0.15, 0.2) is 0 Å². The molecular weight excluding hydrogens is 200 g/mol. The van der Waals surface area contributed by atoms with Gasteiger partial charge in [-0.1, -0.05) is 0 Å². The Morgan fingerprint density at radius 2 is 2.31 bits per heavy atom. The highest BCUT2D eigenvalue weighted by molar-refractivity contribution is 5.90. The second kappa shape index (κ2) is 3.46. The first-order valence-electron chi connectivity index (χ1n) is 5.65. The smallest absolute Gasteiger partial charge is 0.150 e. The predicted molar refractivity (Wildman–Crippen MR) is 63.6 cm³/mol. The lowest BCUT2D eigenvalue weighted by molar-refractivity contribution is 0.112. The highest BCUT2D eigenvalue weighted by atomic mass is 16.1. The van der Waals surface area contributed by atoms with E-state index in [2.05, 4.69) is 4.98 Å². The van der Waals surface area contributed by atoms with E-state index in [4.69, 9.17) is 5.73 Å². The van der Waals surface area contributed by atoms with Crippen molar-refractivity contribution >= 4 is 17.2 Å². The van der Waals surface area contributed by atoms with Crippen LogP contribution in [0.4, 0.5) is 0 Å². The first-order valence-corrected chi connectivity index (χ1v) is 5.65. The van der Waals surface area contributed by atoms with Gasteiger partial charge < -0.3 is 10.7 Å². The van der Waals surface area contributed by atoms with E-state index in [1.54, 1.807) is 0 Å². The fourth-order valence-electron chi connectivity index (χ4n) is 2.59. The van der Waals surface area contributed by atoms with Gasteiger partial charge in [-0.15, -0.1) is 0 Å². The molecule has 3 N–H and O–H groups in total. The molecule has 0 spiro atoms. The quantitative estimate of drug-likeness (QED) is 0.716. The number of nitrogens with one attached hydrogen (secondary N) is 1. The Kier molecular flexibility index (Phi) is 2.07. The van der Waals surface area contributed by atoms with E-state index in [1.807, 2.05) is 18.2 Å². The largest absolute Gasteiger partial charge is 0.357 e. The van der Waals surface area contributed by atoms with Gasteiger partial charge >= 0.3 is 0 Å². The van der Waals surface area contributed by atoms with Crippen molar-refractivity contribution in [2.45, 2.75) is 25.3 Å². The number of benzene rings is 1. The number of carbonyl (C=O) groups is 1. The molecule has 0 fully saturated rings. The van der Waals surface area contributed by atoms with Crippen LogP contribution in [0.15, 0.2) is 18.2 Å². The van der Waals surface area contributed by atoms with E-state index >= 15 is 0 Å². The molecular formula is C13H14N2O. The third-order valence-electron chi connectivity index (χ3n) is 3.41. The van der Waals surface area contributed by atoms with Gasteiger partial charge in [0.05, 0.1) is 0 Å². The summed E-state index contributed by atoms with van der Waals surface area (Å²) in [6.07, 6.45) is 4.12. The van der Waals surface area contributed by atoms with Crippen LogP contribution in [0.1, 0.15) is 40.5 Å². The minimum Gasteiger partial charge on any atom is -0.357 e. The van der Waals surface area contributed by atoms with Gasteiger partial charge in [0.2, 0.25) is 0 Å². The molecule has 16 heavy (non-hydrogen) atoms. The fourth-order valence-corrected chi connectivity index (χ4v) is 2.59. The minimum atomic E-state index is 0.121. The zero-order valence-corrected chi connectivity index (χ0v) is 8.99. The number of rotatable bonds is 1. The van der Waals surface area contributed by atoms with Crippen molar-refractivity contribution in [2.24, 2.45) is 5.73 Å². The van der Waals surface area contributed by atoms with Gasteiger partial charge in [-0.25, -0.2) is 0 Å². The number of hydrogen-bond acceptors (Lipinski definition) is 2. The summed E-state index contributed by atoms with van der Waals surface area (Å²) in [6.45, 7) is 0. The van der Waals surface area contributed by atoms with Crippen molar-refractivity contribution in [3.63, 3.8) is 0 Å². The molecule has 0 aliphatic heterocycles. The third-order valence-corrected chi connectivity index (χ3v) is 3.41. The molecule has 3 nitrogen and oxygen atoms in total. The van der Waals surface area contributed by atoms with Crippen LogP contribution in [0.3, 0.4) is 0 Å². The molecule has 0 saturated heterocycles. The Bertz CT molecular complexity index is 556. The van der Waals surface area contributed by atoms with Crippen LogP contribution < -0.4 is 5.73 Å². The summed E-state index contributed by atoms with van der Waals surface area (Å²) in [7, 11) is 0. The molecule has 0 amide bonds. The molecule has 0 radical (unpaired) electrons. The number of aromatic amines is 1. The molecule has 1 atom stereocenters. The van der Waals surface area contributed by atoms with E-state index in [0.29, 0.717) is 0 Å². The number of carbonyl (C=O) groups excluding carboxylic acids is 1. The number of hydrogen-bond donors (Lipinski definition) is 2. The van der Waals surface area contributed by atoms with E-state index < -0.39 is 0 Å². The Balaban J connectivity index is 2.28. The number of H-pyrrole nitrogens is 1. The molecule has 1 aromatic heterocycles.